The molecule has 1 aliphatic rings. The molecule has 0 amide bonds. The van der Waals surface area contributed by atoms with Crippen molar-refractivity contribution in [2.24, 2.45) is 0 Å². The lowest BCUT2D eigenvalue weighted by Gasteiger charge is -2.26. The third-order valence-corrected chi connectivity index (χ3v) is 7.58. The van der Waals surface area contributed by atoms with Crippen LogP contribution in [0.2, 0.25) is 0 Å². The molecule has 2 aromatic heterocycles. The number of anilines is 1. The topological polar surface area (TPSA) is 83.3 Å². The van der Waals surface area contributed by atoms with Gasteiger partial charge in [0.2, 0.25) is 0 Å². The van der Waals surface area contributed by atoms with Gasteiger partial charge in [-0.2, -0.15) is 0 Å². The lowest BCUT2D eigenvalue weighted by atomic mass is 10.1. The number of carboxylic acid groups (broad SMARTS) is 1. The first-order valence-corrected chi connectivity index (χ1v) is 13.9. The van der Waals surface area contributed by atoms with E-state index in [9.17, 15) is 9.90 Å². The number of halogens is 1. The zero-order valence-corrected chi connectivity index (χ0v) is 22.8. The van der Waals surface area contributed by atoms with E-state index >= 15 is 0 Å². The van der Waals surface area contributed by atoms with Crippen LogP contribution in [0.4, 0.5) is 5.82 Å². The number of unbranched alkanes of at least 4 members (excludes halogenated alkanes) is 1. The molecule has 1 fully saturated rings. The monoisotopic (exact) mass is 597 g/mol. The molecule has 2 aromatic carbocycles. The zero-order chi connectivity index (χ0) is 25.1. The second kappa shape index (κ2) is 11.1. The molecule has 0 unspecified atom stereocenters. The van der Waals surface area contributed by atoms with Crippen molar-refractivity contribution in [3.05, 3.63) is 65.0 Å². The molecule has 8 heteroatoms. The zero-order valence-electron chi connectivity index (χ0n) is 20.6. The van der Waals surface area contributed by atoms with Crippen LogP contribution in [0.25, 0.3) is 21.9 Å². The van der Waals surface area contributed by atoms with Crippen molar-refractivity contribution in [2.75, 3.05) is 16.6 Å². The Morgan fingerprint density at radius 3 is 2.42 bits per heavy atom. The minimum atomic E-state index is -0.954. The molecule has 0 radical (unpaired) electrons. The van der Waals surface area contributed by atoms with Crippen molar-refractivity contribution >= 4 is 56.6 Å². The number of likely N-dealkylation sites (tertiary alicyclic amines) is 1. The van der Waals surface area contributed by atoms with Crippen LogP contribution in [0.5, 0.6) is 0 Å². The number of rotatable bonds is 9. The maximum Gasteiger partial charge on any atom is 0.335 e. The molecule has 4 aromatic rings. The van der Waals surface area contributed by atoms with E-state index < -0.39 is 5.97 Å². The molecule has 0 spiro atoms. The first-order valence-electron chi connectivity index (χ1n) is 12.8. The number of hydrogen-bond acceptors (Lipinski definition) is 5. The van der Waals surface area contributed by atoms with Crippen molar-refractivity contribution in [2.45, 2.75) is 58.5 Å². The number of carboxylic acids is 1. The van der Waals surface area contributed by atoms with Crippen molar-refractivity contribution in [3.63, 3.8) is 0 Å². The second-order valence-electron chi connectivity index (χ2n) is 9.66. The molecule has 5 rings (SSSR count). The average molecular weight is 598 g/mol. The Morgan fingerprint density at radius 2 is 1.75 bits per heavy atom. The van der Waals surface area contributed by atoms with Gasteiger partial charge in [0.15, 0.2) is 5.82 Å². The second-order valence-corrected chi connectivity index (χ2v) is 10.2. The maximum atomic E-state index is 11.6. The number of fused-ring (bicyclic) bond motifs is 3. The van der Waals surface area contributed by atoms with E-state index in [0.29, 0.717) is 17.9 Å². The van der Waals surface area contributed by atoms with E-state index in [1.807, 2.05) is 6.07 Å². The van der Waals surface area contributed by atoms with Crippen LogP contribution in [-0.2, 0) is 19.5 Å². The molecule has 0 aliphatic carbocycles. The minimum Gasteiger partial charge on any atom is -0.478 e. The predicted octanol–water partition coefficient (Wildman–Crippen LogP) is 6.42. The van der Waals surface area contributed by atoms with Crippen LogP contribution >= 0.6 is 22.9 Å². The lowest BCUT2D eigenvalue weighted by Crippen LogP contribution is -2.29. The Kier molecular flexibility index (Phi) is 7.71. The Balaban J connectivity index is 1.55. The molecule has 1 saturated heterocycles. The summed E-state index contributed by atoms with van der Waals surface area (Å²) in [7, 11) is 0. The molecule has 7 nitrogen and oxygen atoms in total. The first kappa shape index (κ1) is 25.0. The fraction of sp³-hybridized carbons (Fsp3) is 0.393. The van der Waals surface area contributed by atoms with Crippen LogP contribution in [-0.4, -0.2) is 43.6 Å². The summed E-state index contributed by atoms with van der Waals surface area (Å²) in [5.41, 5.74) is 5.30. The van der Waals surface area contributed by atoms with Gasteiger partial charge in [-0.1, -0.05) is 44.0 Å². The Labute approximate surface area is 225 Å². The number of pyridine rings is 1. The van der Waals surface area contributed by atoms with Gasteiger partial charge in [0.1, 0.15) is 11.3 Å². The number of nitrogens with zero attached hydrogens (tertiary/aromatic N) is 4. The van der Waals surface area contributed by atoms with Gasteiger partial charge in [0.05, 0.1) is 39.5 Å². The Bertz CT molecular complexity index is 1380. The van der Waals surface area contributed by atoms with Gasteiger partial charge in [0.25, 0.3) is 0 Å². The van der Waals surface area contributed by atoms with Crippen molar-refractivity contribution < 1.29 is 9.90 Å². The number of benzene rings is 2. The lowest BCUT2D eigenvalue weighted by molar-refractivity contribution is 0.0697. The van der Waals surface area contributed by atoms with Gasteiger partial charge in [-0.15, -0.1) is 0 Å². The SMILES string of the molecule is CCCCc1nc2c(NI)nc3cc(C(=O)O)ccc3c2n1Cc1ccc(CN2CCCCC2)cc1. The highest BCUT2D eigenvalue weighted by molar-refractivity contribution is 14.1. The summed E-state index contributed by atoms with van der Waals surface area (Å²) in [6.07, 6.45) is 6.99. The number of aromatic nitrogens is 3. The highest BCUT2D eigenvalue weighted by atomic mass is 127. The number of aromatic carboxylic acids is 1. The third-order valence-electron chi connectivity index (χ3n) is 7.06. The van der Waals surface area contributed by atoms with Crippen LogP contribution < -0.4 is 3.53 Å². The van der Waals surface area contributed by atoms with Gasteiger partial charge in [-0.25, -0.2) is 14.8 Å². The predicted molar refractivity (Wildman–Crippen MR) is 153 cm³/mol. The highest BCUT2D eigenvalue weighted by Crippen LogP contribution is 2.32. The fourth-order valence-corrected chi connectivity index (χ4v) is 5.51. The van der Waals surface area contributed by atoms with E-state index in [2.05, 4.69) is 67.1 Å². The number of aryl methyl sites for hydroxylation is 1. The molecule has 3 heterocycles. The standard InChI is InChI=1S/C28H32IN5O2/c1-2-3-7-24-31-25-26(22-13-12-21(28(35)36)16-23(22)30-27(25)32-29)34(24)18-20-10-8-19(9-11-20)17-33-14-5-4-6-15-33/h8-13,16H,2-7,14-15,17-18H2,1H3,(H,30,32)(H,35,36). The summed E-state index contributed by atoms with van der Waals surface area (Å²) in [6.45, 7) is 6.31. The molecular formula is C28H32IN5O2. The van der Waals surface area contributed by atoms with Crippen LogP contribution in [0.3, 0.4) is 0 Å². The first-order chi connectivity index (χ1) is 17.6. The van der Waals surface area contributed by atoms with E-state index in [0.717, 1.165) is 48.1 Å². The van der Waals surface area contributed by atoms with Crippen LogP contribution in [0, 0.1) is 0 Å². The Morgan fingerprint density at radius 1 is 1.03 bits per heavy atom. The molecule has 0 atom stereocenters. The van der Waals surface area contributed by atoms with Gasteiger partial charge in [-0.3, -0.25) is 4.90 Å². The summed E-state index contributed by atoms with van der Waals surface area (Å²) in [4.78, 5) is 23.9. The highest BCUT2D eigenvalue weighted by Gasteiger charge is 2.19. The summed E-state index contributed by atoms with van der Waals surface area (Å²) in [5, 5.41) is 10.4. The molecule has 0 saturated carbocycles. The van der Waals surface area contributed by atoms with E-state index in [1.54, 1.807) is 12.1 Å². The van der Waals surface area contributed by atoms with Crippen LogP contribution in [0.15, 0.2) is 42.5 Å². The number of carbonyl (C=O) groups is 1. The molecule has 0 bridgehead atoms. The summed E-state index contributed by atoms with van der Waals surface area (Å²) in [5.74, 6) is 0.743. The maximum absolute atomic E-state index is 11.6. The average Bonchev–Trinajstić information content (AvgIpc) is 3.26. The summed E-state index contributed by atoms with van der Waals surface area (Å²) < 4.78 is 5.45. The largest absolute Gasteiger partial charge is 0.478 e. The minimum absolute atomic E-state index is 0.232. The van der Waals surface area contributed by atoms with Crippen molar-refractivity contribution in [1.29, 1.82) is 0 Å². The van der Waals surface area contributed by atoms with Gasteiger partial charge in [0, 0.05) is 24.9 Å². The number of hydrogen-bond donors (Lipinski definition) is 2. The van der Waals surface area contributed by atoms with Gasteiger partial charge < -0.3 is 13.2 Å². The number of piperidine rings is 1. The smallest absolute Gasteiger partial charge is 0.335 e. The Hall–Kier alpha value is -2.72. The quantitative estimate of drug-likeness (QED) is 0.171. The number of imidazole rings is 1. The molecule has 188 valence electrons. The summed E-state index contributed by atoms with van der Waals surface area (Å²) >= 11 is 2.07. The van der Waals surface area contributed by atoms with Gasteiger partial charge >= 0.3 is 5.97 Å². The number of nitrogens with one attached hydrogen (secondary N) is 1. The van der Waals surface area contributed by atoms with E-state index in [-0.39, 0.29) is 5.56 Å². The molecule has 36 heavy (non-hydrogen) atoms. The van der Waals surface area contributed by atoms with E-state index in [4.69, 9.17) is 9.97 Å². The molecular weight excluding hydrogens is 565 g/mol. The van der Waals surface area contributed by atoms with E-state index in [1.165, 1.54) is 43.5 Å². The normalized spacial score (nSPS) is 14.5. The third kappa shape index (κ3) is 5.20. The fourth-order valence-electron chi connectivity index (χ4n) is 5.14. The molecule has 2 N–H and O–H groups in total. The van der Waals surface area contributed by atoms with Crippen molar-refractivity contribution in [1.82, 2.24) is 19.4 Å². The molecule has 1 aliphatic heterocycles. The summed E-state index contributed by atoms with van der Waals surface area (Å²) in [6, 6.07) is 14.1. The van der Waals surface area contributed by atoms with Crippen molar-refractivity contribution in [3.8, 4) is 0 Å². The van der Waals surface area contributed by atoms with Crippen LogP contribution in [0.1, 0.15) is 66.3 Å². The van der Waals surface area contributed by atoms with Gasteiger partial charge in [-0.05, 0) is 61.7 Å².